The summed E-state index contributed by atoms with van der Waals surface area (Å²) in [6.07, 6.45) is 7.23. The summed E-state index contributed by atoms with van der Waals surface area (Å²) in [4.78, 5) is 27.6. The van der Waals surface area contributed by atoms with Crippen LogP contribution in [0.15, 0.2) is 53.6 Å². The fourth-order valence-corrected chi connectivity index (χ4v) is 5.53. The molecule has 3 aromatic heterocycles. The number of aromatic nitrogens is 4. The number of amides is 1. The first-order valence-electron chi connectivity index (χ1n) is 12.7. The van der Waals surface area contributed by atoms with Gasteiger partial charge >= 0.3 is 0 Å². The predicted molar refractivity (Wildman–Crippen MR) is 136 cm³/mol. The van der Waals surface area contributed by atoms with Crippen molar-refractivity contribution in [2.45, 2.75) is 44.2 Å². The summed E-state index contributed by atoms with van der Waals surface area (Å²) in [6.45, 7) is 4.26. The molecule has 1 aliphatic carbocycles. The van der Waals surface area contributed by atoms with Crippen molar-refractivity contribution in [1.82, 2.24) is 30.0 Å². The maximum atomic E-state index is 13.1. The van der Waals surface area contributed by atoms with E-state index in [0.717, 1.165) is 75.1 Å². The van der Waals surface area contributed by atoms with Crippen molar-refractivity contribution < 1.29 is 9.53 Å². The van der Waals surface area contributed by atoms with Gasteiger partial charge in [0.25, 0.3) is 11.5 Å². The Morgan fingerprint density at radius 1 is 1.06 bits per heavy atom. The van der Waals surface area contributed by atoms with Crippen LogP contribution in [0.1, 0.15) is 53.2 Å². The van der Waals surface area contributed by atoms with Crippen molar-refractivity contribution in [1.29, 1.82) is 0 Å². The third-order valence-corrected chi connectivity index (χ3v) is 7.51. The van der Waals surface area contributed by atoms with Crippen molar-refractivity contribution in [3.8, 4) is 0 Å². The summed E-state index contributed by atoms with van der Waals surface area (Å²) < 4.78 is 7.23. The molecule has 0 spiro atoms. The monoisotopic (exact) mass is 486 g/mol. The average Bonchev–Trinajstić information content (AvgIpc) is 3.34. The Morgan fingerprint density at radius 3 is 2.64 bits per heavy atom. The number of hydrogen-bond acceptors (Lipinski definition) is 6. The fourth-order valence-electron chi connectivity index (χ4n) is 5.53. The van der Waals surface area contributed by atoms with E-state index in [0.29, 0.717) is 10.9 Å². The molecule has 2 aliphatic rings. The molecular weight excluding hydrogens is 456 g/mol. The number of carbonyl (C=O) groups excluding carboxylic acids is 1. The number of nitrogens with zero attached hydrogens (tertiary/aromatic N) is 4. The normalized spacial score (nSPS) is 21.1. The molecule has 0 bridgehead atoms. The molecule has 1 aliphatic heterocycles. The molecule has 2 N–H and O–H groups in total. The van der Waals surface area contributed by atoms with E-state index in [1.807, 2.05) is 36.5 Å². The van der Waals surface area contributed by atoms with Crippen molar-refractivity contribution in [3.05, 3.63) is 76.0 Å². The molecule has 1 saturated heterocycles. The third-order valence-electron chi connectivity index (χ3n) is 7.51. The zero-order chi connectivity index (χ0) is 24.5. The minimum Gasteiger partial charge on any atom is -0.379 e. The minimum atomic E-state index is -0.156. The van der Waals surface area contributed by atoms with Gasteiger partial charge in [-0.05, 0) is 43.4 Å². The second-order valence-corrected chi connectivity index (χ2v) is 9.82. The van der Waals surface area contributed by atoms with E-state index in [4.69, 9.17) is 4.74 Å². The number of hydrogen-bond donors (Lipinski definition) is 2. The average molecular weight is 487 g/mol. The Hall–Kier alpha value is -3.56. The van der Waals surface area contributed by atoms with Crippen molar-refractivity contribution in [2.75, 3.05) is 26.3 Å². The van der Waals surface area contributed by atoms with Crippen molar-refractivity contribution >= 4 is 22.2 Å². The maximum Gasteiger partial charge on any atom is 0.272 e. The molecule has 9 heteroatoms. The van der Waals surface area contributed by atoms with Crippen LogP contribution >= 0.6 is 0 Å². The van der Waals surface area contributed by atoms with Gasteiger partial charge in [0.05, 0.1) is 41.6 Å². The SMILES string of the molecule is O=C(N[C@H]1CC[C@H](c2n[nH]c(=O)c3ccccc32)CC1)c1cnn2cc(CN3CCOCC3)ccc12. The zero-order valence-corrected chi connectivity index (χ0v) is 20.2. The highest BCUT2D eigenvalue weighted by molar-refractivity contribution is 6.00. The van der Waals surface area contributed by atoms with Gasteiger partial charge in [0.2, 0.25) is 0 Å². The summed E-state index contributed by atoms with van der Waals surface area (Å²) in [5.74, 6) is 0.184. The highest BCUT2D eigenvalue weighted by atomic mass is 16.5. The van der Waals surface area contributed by atoms with E-state index < -0.39 is 0 Å². The topological polar surface area (TPSA) is 105 Å². The van der Waals surface area contributed by atoms with Crippen molar-refractivity contribution in [3.63, 3.8) is 0 Å². The van der Waals surface area contributed by atoms with Crippen LogP contribution in [0.4, 0.5) is 0 Å². The van der Waals surface area contributed by atoms with Crippen LogP contribution in [-0.4, -0.2) is 63.0 Å². The van der Waals surface area contributed by atoms with Crippen LogP contribution in [0.5, 0.6) is 0 Å². The number of pyridine rings is 1. The highest BCUT2D eigenvalue weighted by Crippen LogP contribution is 2.34. The fraction of sp³-hybridized carbons (Fsp3) is 0.407. The summed E-state index contributed by atoms with van der Waals surface area (Å²) >= 11 is 0. The van der Waals surface area contributed by atoms with Gasteiger partial charge in [-0.1, -0.05) is 24.3 Å². The molecule has 186 valence electrons. The number of aromatic amines is 1. The van der Waals surface area contributed by atoms with Gasteiger partial charge < -0.3 is 10.1 Å². The van der Waals surface area contributed by atoms with Gasteiger partial charge in [0.1, 0.15) is 0 Å². The minimum absolute atomic E-state index is 0.0815. The smallest absolute Gasteiger partial charge is 0.272 e. The highest BCUT2D eigenvalue weighted by Gasteiger charge is 2.27. The quantitative estimate of drug-likeness (QED) is 0.450. The number of rotatable bonds is 5. The van der Waals surface area contributed by atoms with Gasteiger partial charge in [-0.25, -0.2) is 9.61 Å². The van der Waals surface area contributed by atoms with Crippen LogP contribution in [0.25, 0.3) is 16.3 Å². The number of nitrogens with one attached hydrogen (secondary N) is 2. The summed E-state index contributed by atoms with van der Waals surface area (Å²) in [5.41, 5.74) is 3.38. The lowest BCUT2D eigenvalue weighted by molar-refractivity contribution is 0.0341. The van der Waals surface area contributed by atoms with Crippen molar-refractivity contribution in [2.24, 2.45) is 0 Å². The Labute approximate surface area is 208 Å². The van der Waals surface area contributed by atoms with Gasteiger partial charge in [-0.2, -0.15) is 10.2 Å². The molecule has 1 aromatic carbocycles. The van der Waals surface area contributed by atoms with Crippen LogP contribution < -0.4 is 10.9 Å². The molecule has 0 atom stereocenters. The van der Waals surface area contributed by atoms with E-state index in [1.165, 1.54) is 5.56 Å². The Kier molecular flexibility index (Phi) is 6.25. The number of benzene rings is 1. The van der Waals surface area contributed by atoms with Gasteiger partial charge in [0.15, 0.2) is 0 Å². The zero-order valence-electron chi connectivity index (χ0n) is 20.2. The Balaban J connectivity index is 1.10. The largest absolute Gasteiger partial charge is 0.379 e. The lowest BCUT2D eigenvalue weighted by atomic mass is 9.82. The van der Waals surface area contributed by atoms with Gasteiger partial charge in [-0.15, -0.1) is 0 Å². The Bertz CT molecular complexity index is 1450. The summed E-state index contributed by atoms with van der Waals surface area (Å²) in [6, 6.07) is 11.8. The number of ether oxygens (including phenoxy) is 1. The number of morpholine rings is 1. The van der Waals surface area contributed by atoms with E-state index in [1.54, 1.807) is 10.7 Å². The van der Waals surface area contributed by atoms with E-state index in [-0.39, 0.29) is 23.4 Å². The second-order valence-electron chi connectivity index (χ2n) is 9.82. The number of carbonyl (C=O) groups is 1. The summed E-state index contributed by atoms with van der Waals surface area (Å²) in [5, 5.41) is 16.3. The van der Waals surface area contributed by atoms with E-state index in [9.17, 15) is 9.59 Å². The van der Waals surface area contributed by atoms with Gasteiger partial charge in [0, 0.05) is 43.2 Å². The molecule has 1 saturated carbocycles. The molecule has 1 amide bonds. The van der Waals surface area contributed by atoms with Crippen LogP contribution in [-0.2, 0) is 11.3 Å². The van der Waals surface area contributed by atoms with E-state index in [2.05, 4.69) is 31.6 Å². The summed E-state index contributed by atoms with van der Waals surface area (Å²) in [7, 11) is 0. The van der Waals surface area contributed by atoms with Gasteiger partial charge in [-0.3, -0.25) is 14.5 Å². The van der Waals surface area contributed by atoms with Crippen LogP contribution in [0, 0.1) is 0 Å². The van der Waals surface area contributed by atoms with E-state index >= 15 is 0 Å². The first-order valence-corrected chi connectivity index (χ1v) is 12.7. The number of H-pyrrole nitrogens is 1. The lowest BCUT2D eigenvalue weighted by Crippen LogP contribution is -2.37. The molecule has 4 heterocycles. The second kappa shape index (κ2) is 9.83. The molecule has 2 fully saturated rings. The molecule has 36 heavy (non-hydrogen) atoms. The van der Waals surface area contributed by atoms with Crippen LogP contribution in [0.3, 0.4) is 0 Å². The molecule has 0 radical (unpaired) electrons. The molecular formula is C27H30N6O3. The first-order chi connectivity index (χ1) is 17.7. The molecule has 0 unspecified atom stereocenters. The standard InChI is InChI=1S/C27H30N6O3/c34-26(23-15-28-33-17-18(5-10-24(23)33)16-32-11-13-36-14-12-32)29-20-8-6-19(7-9-20)25-21-3-1-2-4-22(21)27(35)31-30-25/h1-5,10,15,17,19-20H,6-9,11-14,16H2,(H,29,34)(H,31,35)/t19-,20-. The predicted octanol–water partition coefficient (Wildman–Crippen LogP) is 2.86. The maximum absolute atomic E-state index is 13.1. The first kappa shape index (κ1) is 22.9. The molecule has 9 nitrogen and oxygen atoms in total. The molecule has 4 aromatic rings. The third kappa shape index (κ3) is 4.52. The Morgan fingerprint density at radius 2 is 1.83 bits per heavy atom. The number of fused-ring (bicyclic) bond motifs is 2. The van der Waals surface area contributed by atoms with Crippen LogP contribution in [0.2, 0.25) is 0 Å². The lowest BCUT2D eigenvalue weighted by Gasteiger charge is -2.29. The molecule has 6 rings (SSSR count).